The fourth-order valence-corrected chi connectivity index (χ4v) is 4.56. The first-order valence-corrected chi connectivity index (χ1v) is 12.3. The van der Waals surface area contributed by atoms with E-state index in [1.807, 2.05) is 71.0 Å². The molecule has 2 aromatic carbocycles. The van der Waals surface area contributed by atoms with Gasteiger partial charge in [-0.1, -0.05) is 26.0 Å². The molecular weight excluding hydrogens is 458 g/mol. The molecule has 1 fully saturated rings. The van der Waals surface area contributed by atoms with E-state index in [2.05, 4.69) is 0 Å². The first-order valence-electron chi connectivity index (χ1n) is 12.3. The zero-order valence-corrected chi connectivity index (χ0v) is 22.3. The molecule has 0 spiro atoms. The van der Waals surface area contributed by atoms with Gasteiger partial charge in [0.05, 0.1) is 24.8 Å². The number of aliphatic hydroxyl groups is 1. The van der Waals surface area contributed by atoms with Gasteiger partial charge in [-0.05, 0) is 74.1 Å². The van der Waals surface area contributed by atoms with Crippen molar-refractivity contribution in [1.82, 2.24) is 4.90 Å². The van der Waals surface area contributed by atoms with Crippen LogP contribution in [0, 0.1) is 6.92 Å². The number of ketones is 1. The zero-order chi connectivity index (χ0) is 26.6. The van der Waals surface area contributed by atoms with Crippen molar-refractivity contribution in [3.05, 3.63) is 64.2 Å². The number of benzene rings is 2. The highest BCUT2D eigenvalue weighted by molar-refractivity contribution is 6.46. The van der Waals surface area contributed by atoms with Crippen LogP contribution in [0.3, 0.4) is 0 Å². The van der Waals surface area contributed by atoms with Crippen LogP contribution < -0.4 is 9.47 Å². The van der Waals surface area contributed by atoms with Crippen LogP contribution in [-0.2, 0) is 14.3 Å². The Hall–Kier alpha value is -3.32. The van der Waals surface area contributed by atoms with Crippen LogP contribution in [0.25, 0.3) is 5.76 Å². The van der Waals surface area contributed by atoms with Crippen molar-refractivity contribution in [3.63, 3.8) is 0 Å². The van der Waals surface area contributed by atoms with E-state index in [1.54, 1.807) is 14.2 Å². The number of hydrogen-bond acceptors (Lipinski definition) is 6. The van der Waals surface area contributed by atoms with Gasteiger partial charge >= 0.3 is 0 Å². The lowest BCUT2D eigenvalue weighted by atomic mass is 9.91. The Balaban J connectivity index is 2.17. The molecule has 0 bridgehead atoms. The van der Waals surface area contributed by atoms with E-state index in [0.29, 0.717) is 30.9 Å². The van der Waals surface area contributed by atoms with Crippen molar-refractivity contribution in [2.24, 2.45) is 0 Å². The Kier molecular flexibility index (Phi) is 8.79. The van der Waals surface area contributed by atoms with Crippen LogP contribution in [0.4, 0.5) is 0 Å². The first-order chi connectivity index (χ1) is 17.1. The van der Waals surface area contributed by atoms with E-state index >= 15 is 0 Å². The zero-order valence-electron chi connectivity index (χ0n) is 22.3. The molecule has 1 unspecified atom stereocenters. The highest BCUT2D eigenvalue weighted by Gasteiger charge is 2.46. The van der Waals surface area contributed by atoms with E-state index < -0.39 is 17.7 Å². The van der Waals surface area contributed by atoms with Gasteiger partial charge in [-0.15, -0.1) is 0 Å². The molecule has 1 N–H and O–H groups in total. The minimum atomic E-state index is -0.723. The first kappa shape index (κ1) is 27.3. The van der Waals surface area contributed by atoms with Gasteiger partial charge in [0.15, 0.2) is 0 Å². The number of ether oxygens (including phenoxy) is 3. The summed E-state index contributed by atoms with van der Waals surface area (Å²) < 4.78 is 16.5. The molecule has 1 aliphatic rings. The predicted octanol–water partition coefficient (Wildman–Crippen LogP) is 5.37. The highest BCUT2D eigenvalue weighted by atomic mass is 16.5. The lowest BCUT2D eigenvalue weighted by Crippen LogP contribution is -2.31. The predicted molar refractivity (Wildman–Crippen MR) is 140 cm³/mol. The Bertz CT molecular complexity index is 1130. The molecule has 1 saturated heterocycles. The maximum absolute atomic E-state index is 13.3. The molecular formula is C29H37NO6. The lowest BCUT2D eigenvalue weighted by molar-refractivity contribution is -0.140. The Morgan fingerprint density at radius 1 is 1.06 bits per heavy atom. The fraction of sp³-hybridized carbons (Fsp3) is 0.448. The van der Waals surface area contributed by atoms with Crippen LogP contribution in [0.1, 0.15) is 68.3 Å². The number of methoxy groups -OCH3 is 2. The van der Waals surface area contributed by atoms with Crippen molar-refractivity contribution in [3.8, 4) is 11.5 Å². The van der Waals surface area contributed by atoms with Gasteiger partial charge in [-0.3, -0.25) is 9.59 Å². The molecule has 36 heavy (non-hydrogen) atoms. The summed E-state index contributed by atoms with van der Waals surface area (Å²) in [5.74, 6) is 0.0353. The van der Waals surface area contributed by atoms with Gasteiger partial charge in [0.2, 0.25) is 0 Å². The number of aryl methyl sites for hydroxylation is 1. The number of rotatable bonds is 10. The third-order valence-corrected chi connectivity index (χ3v) is 6.31. The van der Waals surface area contributed by atoms with Gasteiger partial charge < -0.3 is 24.2 Å². The Morgan fingerprint density at radius 2 is 1.72 bits per heavy atom. The smallest absolute Gasteiger partial charge is 0.295 e. The number of hydrogen-bond donors (Lipinski definition) is 1. The van der Waals surface area contributed by atoms with Crippen LogP contribution in [0.15, 0.2) is 42.0 Å². The maximum Gasteiger partial charge on any atom is 0.295 e. The molecule has 0 radical (unpaired) electrons. The second-order valence-electron chi connectivity index (χ2n) is 9.64. The SMILES string of the molecule is COCCCN1C(=O)C(=O)/C(=C(/O)c2cc(C(C)C)c(OC)cc2C)C1c1ccc(OC(C)C)cc1. The topological polar surface area (TPSA) is 85.3 Å². The minimum Gasteiger partial charge on any atom is -0.507 e. The van der Waals surface area contributed by atoms with Crippen molar-refractivity contribution in [1.29, 1.82) is 0 Å². The molecule has 1 aliphatic heterocycles. The number of aliphatic hydroxyl groups excluding tert-OH is 1. The summed E-state index contributed by atoms with van der Waals surface area (Å²) >= 11 is 0. The van der Waals surface area contributed by atoms with E-state index in [-0.39, 0.29) is 23.4 Å². The molecule has 1 atom stereocenters. The standard InChI is InChI=1S/C29H37NO6/c1-17(2)22-16-23(19(5)15-24(22)35-7)27(31)25-26(20-9-11-21(12-10-20)36-18(3)4)30(13-8-14-34-6)29(33)28(25)32/h9-12,15-18,26,31H,8,13-14H2,1-7H3/b27-25+. The third-order valence-electron chi connectivity index (χ3n) is 6.31. The second-order valence-corrected chi connectivity index (χ2v) is 9.64. The van der Waals surface area contributed by atoms with Gasteiger partial charge in [0.25, 0.3) is 11.7 Å². The van der Waals surface area contributed by atoms with Crippen LogP contribution >= 0.6 is 0 Å². The van der Waals surface area contributed by atoms with Crippen molar-refractivity contribution in [2.75, 3.05) is 27.4 Å². The molecule has 194 valence electrons. The van der Waals surface area contributed by atoms with E-state index in [1.165, 1.54) is 4.90 Å². The Morgan fingerprint density at radius 3 is 2.28 bits per heavy atom. The summed E-state index contributed by atoms with van der Waals surface area (Å²) in [6.07, 6.45) is 0.581. The largest absolute Gasteiger partial charge is 0.507 e. The summed E-state index contributed by atoms with van der Waals surface area (Å²) in [7, 11) is 3.20. The number of amides is 1. The second kappa shape index (κ2) is 11.6. The molecule has 7 heteroatoms. The van der Waals surface area contributed by atoms with Crippen molar-refractivity contribution < 1.29 is 28.9 Å². The Labute approximate surface area is 213 Å². The molecule has 7 nitrogen and oxygen atoms in total. The van der Waals surface area contributed by atoms with E-state index in [9.17, 15) is 14.7 Å². The fourth-order valence-electron chi connectivity index (χ4n) is 4.56. The normalized spacial score (nSPS) is 17.4. The monoisotopic (exact) mass is 495 g/mol. The molecule has 0 aliphatic carbocycles. The number of Topliss-reactive ketones (excluding diaryl/α,β-unsaturated/α-hetero) is 1. The van der Waals surface area contributed by atoms with Gasteiger partial charge in [-0.25, -0.2) is 0 Å². The number of nitrogens with zero attached hydrogens (tertiary/aromatic N) is 1. The molecule has 3 rings (SSSR count). The average molecular weight is 496 g/mol. The molecule has 0 saturated carbocycles. The van der Waals surface area contributed by atoms with Crippen molar-refractivity contribution >= 4 is 17.4 Å². The summed E-state index contributed by atoms with van der Waals surface area (Å²) in [6, 6.07) is 10.3. The summed E-state index contributed by atoms with van der Waals surface area (Å²) in [4.78, 5) is 28.0. The molecule has 1 heterocycles. The van der Waals surface area contributed by atoms with Crippen LogP contribution in [-0.4, -0.2) is 55.2 Å². The van der Waals surface area contributed by atoms with Gasteiger partial charge in [0.1, 0.15) is 17.3 Å². The van der Waals surface area contributed by atoms with E-state index in [4.69, 9.17) is 14.2 Å². The van der Waals surface area contributed by atoms with Crippen LogP contribution in [0.2, 0.25) is 0 Å². The van der Waals surface area contributed by atoms with Crippen LogP contribution in [0.5, 0.6) is 11.5 Å². The molecule has 2 aromatic rings. The number of carbonyl (C=O) groups is 2. The van der Waals surface area contributed by atoms with Crippen molar-refractivity contribution in [2.45, 2.75) is 59.1 Å². The van der Waals surface area contributed by atoms with Gasteiger partial charge in [-0.2, -0.15) is 0 Å². The highest BCUT2D eigenvalue weighted by Crippen LogP contribution is 2.41. The number of likely N-dealkylation sites (tertiary alicyclic amines) is 1. The molecule has 1 amide bonds. The van der Waals surface area contributed by atoms with Gasteiger partial charge in [0, 0.05) is 25.8 Å². The summed E-state index contributed by atoms with van der Waals surface area (Å²) in [5, 5.41) is 11.5. The third kappa shape index (κ3) is 5.57. The lowest BCUT2D eigenvalue weighted by Gasteiger charge is -2.26. The number of carbonyl (C=O) groups excluding carboxylic acids is 2. The quantitative estimate of drug-likeness (QED) is 0.206. The maximum atomic E-state index is 13.3. The summed E-state index contributed by atoms with van der Waals surface area (Å²) in [6.45, 7) is 10.6. The van der Waals surface area contributed by atoms with E-state index in [0.717, 1.165) is 22.4 Å². The minimum absolute atomic E-state index is 0.0173. The molecule has 0 aromatic heterocycles. The summed E-state index contributed by atoms with van der Waals surface area (Å²) in [5.41, 5.74) is 2.97. The average Bonchev–Trinajstić information content (AvgIpc) is 3.08.